The molecule has 0 saturated carbocycles. The van der Waals surface area contributed by atoms with Gasteiger partial charge in [0.1, 0.15) is 11.6 Å². The summed E-state index contributed by atoms with van der Waals surface area (Å²) in [4.78, 5) is 8.25. The third kappa shape index (κ3) is 3.46. The molecule has 0 unspecified atom stereocenters. The number of hydrogen-bond acceptors (Lipinski definition) is 5. The Balaban J connectivity index is 2.23. The van der Waals surface area contributed by atoms with Crippen LogP contribution in [0, 0.1) is 3.57 Å². The molecule has 0 amide bonds. The van der Waals surface area contributed by atoms with Crippen LogP contribution in [0.5, 0.6) is 0 Å². The number of nitrogens with zero attached hydrogens (tertiary/aromatic N) is 2. The van der Waals surface area contributed by atoms with Crippen molar-refractivity contribution in [1.29, 1.82) is 0 Å². The summed E-state index contributed by atoms with van der Waals surface area (Å²) < 4.78 is 1.16. The molecular formula is C12H14IN5. The van der Waals surface area contributed by atoms with Crippen LogP contribution in [0.1, 0.15) is 6.92 Å². The van der Waals surface area contributed by atoms with Crippen LogP contribution in [0.4, 0.5) is 23.3 Å². The van der Waals surface area contributed by atoms with Gasteiger partial charge in [0, 0.05) is 21.9 Å². The molecule has 18 heavy (non-hydrogen) atoms. The summed E-state index contributed by atoms with van der Waals surface area (Å²) in [7, 11) is 0. The van der Waals surface area contributed by atoms with Crippen molar-refractivity contribution >= 4 is 45.9 Å². The van der Waals surface area contributed by atoms with Crippen LogP contribution in [0.2, 0.25) is 0 Å². The van der Waals surface area contributed by atoms with Gasteiger partial charge in [-0.3, -0.25) is 0 Å². The number of halogens is 1. The van der Waals surface area contributed by atoms with E-state index < -0.39 is 0 Å². The average molecular weight is 355 g/mol. The second kappa shape index (κ2) is 5.85. The molecule has 0 aliphatic rings. The van der Waals surface area contributed by atoms with Crippen molar-refractivity contribution in [3.63, 3.8) is 0 Å². The Hall–Kier alpha value is -1.57. The molecule has 1 heterocycles. The number of benzene rings is 1. The summed E-state index contributed by atoms with van der Waals surface area (Å²) in [6.07, 6.45) is 0. The van der Waals surface area contributed by atoms with Crippen LogP contribution in [-0.4, -0.2) is 16.5 Å². The number of aromatic nitrogens is 2. The van der Waals surface area contributed by atoms with Crippen molar-refractivity contribution in [2.45, 2.75) is 6.92 Å². The number of nitrogen functional groups attached to an aromatic ring is 1. The molecule has 6 heteroatoms. The minimum atomic E-state index is 0.251. The summed E-state index contributed by atoms with van der Waals surface area (Å²) in [5, 5.41) is 6.32. The fourth-order valence-corrected chi connectivity index (χ4v) is 2.06. The van der Waals surface area contributed by atoms with Crippen LogP contribution in [0.25, 0.3) is 0 Å². The van der Waals surface area contributed by atoms with Gasteiger partial charge in [0.2, 0.25) is 5.95 Å². The normalized spacial score (nSPS) is 10.1. The maximum atomic E-state index is 5.67. The SMILES string of the molecule is CCNc1cc(Nc2cccc(I)c2)nc(N)n1. The topological polar surface area (TPSA) is 75.9 Å². The van der Waals surface area contributed by atoms with Crippen molar-refractivity contribution in [3.05, 3.63) is 33.9 Å². The summed E-state index contributed by atoms with van der Waals surface area (Å²) in [6, 6.07) is 9.86. The van der Waals surface area contributed by atoms with E-state index in [2.05, 4.69) is 43.2 Å². The molecule has 2 rings (SSSR count). The van der Waals surface area contributed by atoms with Gasteiger partial charge in [-0.2, -0.15) is 9.97 Å². The molecule has 1 aromatic heterocycles. The van der Waals surface area contributed by atoms with Gasteiger partial charge in [0.15, 0.2) is 0 Å². The first-order valence-corrected chi connectivity index (χ1v) is 6.66. The molecule has 0 spiro atoms. The highest BCUT2D eigenvalue weighted by molar-refractivity contribution is 14.1. The highest BCUT2D eigenvalue weighted by Crippen LogP contribution is 2.19. The van der Waals surface area contributed by atoms with E-state index in [1.807, 2.05) is 37.3 Å². The predicted octanol–water partition coefficient (Wildman–Crippen LogP) is 2.84. The Morgan fingerprint density at radius 2 is 2.00 bits per heavy atom. The highest BCUT2D eigenvalue weighted by atomic mass is 127. The number of rotatable bonds is 4. The lowest BCUT2D eigenvalue weighted by Gasteiger charge is -2.09. The van der Waals surface area contributed by atoms with Crippen molar-refractivity contribution in [1.82, 2.24) is 9.97 Å². The van der Waals surface area contributed by atoms with Gasteiger partial charge < -0.3 is 16.4 Å². The Morgan fingerprint density at radius 3 is 2.72 bits per heavy atom. The van der Waals surface area contributed by atoms with Crippen molar-refractivity contribution in [2.24, 2.45) is 0 Å². The standard InChI is InChI=1S/C12H14IN5/c1-2-15-10-7-11(18-12(14)17-10)16-9-5-3-4-8(13)6-9/h3-7H,2H2,1H3,(H4,14,15,16,17,18). The molecule has 94 valence electrons. The highest BCUT2D eigenvalue weighted by Gasteiger charge is 2.02. The molecule has 0 radical (unpaired) electrons. The number of nitrogens with one attached hydrogen (secondary N) is 2. The lowest BCUT2D eigenvalue weighted by molar-refractivity contribution is 1.12. The van der Waals surface area contributed by atoms with Gasteiger partial charge in [-0.1, -0.05) is 6.07 Å². The molecule has 0 aliphatic heterocycles. The maximum absolute atomic E-state index is 5.67. The van der Waals surface area contributed by atoms with Gasteiger partial charge in [0.25, 0.3) is 0 Å². The molecule has 2 aromatic rings. The van der Waals surface area contributed by atoms with Crippen molar-refractivity contribution in [2.75, 3.05) is 22.9 Å². The zero-order valence-corrected chi connectivity index (χ0v) is 12.1. The molecule has 0 saturated heterocycles. The van der Waals surface area contributed by atoms with Crippen LogP contribution >= 0.6 is 22.6 Å². The summed E-state index contributed by atoms with van der Waals surface area (Å²) in [6.45, 7) is 2.80. The first kappa shape index (κ1) is 12.9. The lowest BCUT2D eigenvalue weighted by atomic mass is 10.3. The molecular weight excluding hydrogens is 341 g/mol. The predicted molar refractivity (Wildman–Crippen MR) is 83.0 cm³/mol. The molecule has 4 N–H and O–H groups in total. The molecule has 0 aliphatic carbocycles. The van der Waals surface area contributed by atoms with Gasteiger partial charge in [-0.05, 0) is 47.7 Å². The third-order valence-corrected chi connectivity index (χ3v) is 2.87. The zero-order chi connectivity index (χ0) is 13.0. The monoisotopic (exact) mass is 355 g/mol. The summed E-state index contributed by atoms with van der Waals surface area (Å²) >= 11 is 2.27. The largest absolute Gasteiger partial charge is 0.370 e. The van der Waals surface area contributed by atoms with Crippen LogP contribution in [0.3, 0.4) is 0 Å². The second-order valence-electron chi connectivity index (χ2n) is 3.66. The van der Waals surface area contributed by atoms with Crippen molar-refractivity contribution < 1.29 is 0 Å². The Kier molecular flexibility index (Phi) is 4.19. The van der Waals surface area contributed by atoms with E-state index in [1.165, 1.54) is 0 Å². The van der Waals surface area contributed by atoms with Crippen LogP contribution < -0.4 is 16.4 Å². The smallest absolute Gasteiger partial charge is 0.223 e. The van der Waals surface area contributed by atoms with E-state index in [0.717, 1.165) is 21.6 Å². The molecule has 0 fully saturated rings. The van der Waals surface area contributed by atoms with Gasteiger partial charge in [-0.15, -0.1) is 0 Å². The Morgan fingerprint density at radius 1 is 1.22 bits per heavy atom. The van der Waals surface area contributed by atoms with Crippen molar-refractivity contribution in [3.8, 4) is 0 Å². The van der Waals surface area contributed by atoms with Gasteiger partial charge >= 0.3 is 0 Å². The number of nitrogens with two attached hydrogens (primary N) is 1. The summed E-state index contributed by atoms with van der Waals surface area (Å²) in [5.41, 5.74) is 6.64. The number of hydrogen-bond donors (Lipinski definition) is 3. The Labute approximate surface area is 119 Å². The summed E-state index contributed by atoms with van der Waals surface area (Å²) in [5.74, 6) is 1.65. The average Bonchev–Trinajstić information content (AvgIpc) is 2.28. The van der Waals surface area contributed by atoms with E-state index in [9.17, 15) is 0 Å². The molecule has 0 bridgehead atoms. The Bertz CT molecular complexity index is 544. The van der Waals surface area contributed by atoms with E-state index in [-0.39, 0.29) is 5.95 Å². The first-order valence-electron chi connectivity index (χ1n) is 5.58. The first-order chi connectivity index (χ1) is 8.67. The lowest BCUT2D eigenvalue weighted by Crippen LogP contribution is -2.05. The fraction of sp³-hybridized carbons (Fsp3) is 0.167. The fourth-order valence-electron chi connectivity index (χ4n) is 1.52. The third-order valence-electron chi connectivity index (χ3n) is 2.20. The quantitative estimate of drug-likeness (QED) is 0.736. The second-order valence-corrected chi connectivity index (χ2v) is 4.91. The van der Waals surface area contributed by atoms with Crippen LogP contribution in [-0.2, 0) is 0 Å². The van der Waals surface area contributed by atoms with Gasteiger partial charge in [-0.25, -0.2) is 0 Å². The molecule has 5 nitrogen and oxygen atoms in total. The zero-order valence-electron chi connectivity index (χ0n) is 9.94. The maximum Gasteiger partial charge on any atom is 0.223 e. The van der Waals surface area contributed by atoms with Gasteiger partial charge in [0.05, 0.1) is 0 Å². The van der Waals surface area contributed by atoms with E-state index >= 15 is 0 Å². The van der Waals surface area contributed by atoms with Crippen LogP contribution in [0.15, 0.2) is 30.3 Å². The number of anilines is 4. The minimum Gasteiger partial charge on any atom is -0.370 e. The molecule has 1 aromatic carbocycles. The van der Waals surface area contributed by atoms with E-state index in [1.54, 1.807) is 0 Å². The minimum absolute atomic E-state index is 0.251. The van der Waals surface area contributed by atoms with E-state index in [4.69, 9.17) is 5.73 Å². The van der Waals surface area contributed by atoms with E-state index in [0.29, 0.717) is 5.82 Å². The molecule has 0 atom stereocenters.